The molecule has 8 heteroatoms. The molecule has 1 N–H and O–H groups in total. The quantitative estimate of drug-likeness (QED) is 0.730. The van der Waals surface area contributed by atoms with Crippen LogP contribution >= 0.6 is 0 Å². The second-order valence-corrected chi connectivity index (χ2v) is 7.17. The number of pyridine rings is 1. The van der Waals surface area contributed by atoms with Crippen molar-refractivity contribution in [1.82, 2.24) is 20.1 Å². The third kappa shape index (κ3) is 4.21. The summed E-state index contributed by atoms with van der Waals surface area (Å²) < 4.78 is 5.49. The molecule has 1 aliphatic rings. The number of piperazine rings is 1. The number of anilines is 3. The van der Waals surface area contributed by atoms with E-state index in [9.17, 15) is 4.79 Å². The van der Waals surface area contributed by atoms with Crippen LogP contribution in [0.15, 0.2) is 40.8 Å². The van der Waals surface area contributed by atoms with Crippen molar-refractivity contribution in [2.45, 2.75) is 20.8 Å². The number of hydrogen-bond acceptors (Lipinski definition) is 7. The highest BCUT2D eigenvalue weighted by Crippen LogP contribution is 2.20. The van der Waals surface area contributed by atoms with E-state index in [4.69, 9.17) is 4.42 Å². The van der Waals surface area contributed by atoms with Crippen LogP contribution in [0.3, 0.4) is 0 Å². The van der Waals surface area contributed by atoms with Gasteiger partial charge in [-0.25, -0.2) is 4.98 Å². The summed E-state index contributed by atoms with van der Waals surface area (Å²) in [5.41, 5.74) is 1.59. The minimum Gasteiger partial charge on any atom is -0.466 e. The van der Waals surface area contributed by atoms with Crippen molar-refractivity contribution in [2.75, 3.05) is 36.4 Å². The van der Waals surface area contributed by atoms with Gasteiger partial charge in [0.25, 0.3) is 5.91 Å². The largest absolute Gasteiger partial charge is 0.466 e. The van der Waals surface area contributed by atoms with Gasteiger partial charge in [0.05, 0.1) is 5.56 Å². The van der Waals surface area contributed by atoms with Gasteiger partial charge in [0.2, 0.25) is 0 Å². The SMILES string of the molecule is Cc1cccc(Nc2ccc(N3CCN(C(=O)c4cc(C)oc4C)CC3)nn2)n1. The lowest BCUT2D eigenvalue weighted by Gasteiger charge is -2.35. The van der Waals surface area contributed by atoms with Gasteiger partial charge < -0.3 is 19.5 Å². The van der Waals surface area contributed by atoms with Crippen molar-refractivity contribution < 1.29 is 9.21 Å². The number of hydrogen-bond donors (Lipinski definition) is 1. The molecule has 1 fully saturated rings. The minimum atomic E-state index is 0.0234. The second kappa shape index (κ2) is 7.90. The third-order valence-electron chi connectivity index (χ3n) is 4.96. The van der Waals surface area contributed by atoms with Crippen LogP contribution in [-0.4, -0.2) is 52.2 Å². The molecule has 0 atom stereocenters. The Labute approximate surface area is 169 Å². The summed E-state index contributed by atoms with van der Waals surface area (Å²) in [4.78, 5) is 21.1. The molecule has 0 aliphatic carbocycles. The maximum absolute atomic E-state index is 12.7. The Morgan fingerprint density at radius 2 is 1.79 bits per heavy atom. The molecule has 3 aromatic heterocycles. The van der Waals surface area contributed by atoms with E-state index in [1.54, 1.807) is 0 Å². The van der Waals surface area contributed by atoms with Crippen molar-refractivity contribution in [2.24, 2.45) is 0 Å². The molecule has 150 valence electrons. The van der Waals surface area contributed by atoms with Gasteiger partial charge in [-0.05, 0) is 51.1 Å². The van der Waals surface area contributed by atoms with E-state index in [1.165, 1.54) is 0 Å². The maximum Gasteiger partial charge on any atom is 0.257 e. The Kier molecular flexibility index (Phi) is 5.16. The Morgan fingerprint density at radius 3 is 2.41 bits per heavy atom. The van der Waals surface area contributed by atoms with E-state index in [2.05, 4.69) is 25.4 Å². The Bertz CT molecular complexity index is 1010. The van der Waals surface area contributed by atoms with Crippen molar-refractivity contribution >= 4 is 23.4 Å². The van der Waals surface area contributed by atoms with E-state index < -0.39 is 0 Å². The van der Waals surface area contributed by atoms with Crippen molar-refractivity contribution in [3.05, 3.63) is 59.2 Å². The van der Waals surface area contributed by atoms with E-state index in [0.29, 0.717) is 43.3 Å². The molecular formula is C21H24N6O2. The van der Waals surface area contributed by atoms with Crippen LogP contribution in [0.25, 0.3) is 0 Å². The molecular weight excluding hydrogens is 368 g/mol. The zero-order chi connectivity index (χ0) is 20.4. The molecule has 1 aliphatic heterocycles. The summed E-state index contributed by atoms with van der Waals surface area (Å²) in [6.45, 7) is 8.32. The summed E-state index contributed by atoms with van der Waals surface area (Å²) in [7, 11) is 0. The molecule has 0 saturated carbocycles. The van der Waals surface area contributed by atoms with Crippen LogP contribution in [0.5, 0.6) is 0 Å². The number of amides is 1. The fourth-order valence-electron chi connectivity index (χ4n) is 3.46. The Morgan fingerprint density at radius 1 is 1.00 bits per heavy atom. The first kappa shape index (κ1) is 18.9. The molecule has 1 saturated heterocycles. The number of carbonyl (C=O) groups is 1. The lowest BCUT2D eigenvalue weighted by atomic mass is 10.2. The van der Waals surface area contributed by atoms with Crippen LogP contribution in [0.1, 0.15) is 27.6 Å². The fraction of sp³-hybridized carbons (Fsp3) is 0.333. The summed E-state index contributed by atoms with van der Waals surface area (Å²) >= 11 is 0. The number of aryl methyl sites for hydroxylation is 3. The summed E-state index contributed by atoms with van der Waals surface area (Å²) in [5.74, 6) is 3.64. The molecule has 0 spiro atoms. The first-order chi connectivity index (χ1) is 14.0. The van der Waals surface area contributed by atoms with Gasteiger partial charge in [0, 0.05) is 31.9 Å². The fourth-order valence-corrected chi connectivity index (χ4v) is 3.46. The number of furan rings is 1. The van der Waals surface area contributed by atoms with Gasteiger partial charge >= 0.3 is 0 Å². The first-order valence-corrected chi connectivity index (χ1v) is 9.65. The lowest BCUT2D eigenvalue weighted by Crippen LogP contribution is -2.49. The van der Waals surface area contributed by atoms with Crippen molar-refractivity contribution in [3.63, 3.8) is 0 Å². The Hall–Kier alpha value is -3.42. The molecule has 4 rings (SSSR count). The molecule has 0 radical (unpaired) electrons. The Balaban J connectivity index is 1.36. The standard InChI is InChI=1S/C21H24N6O2/c1-14-5-4-6-18(22-14)23-19-7-8-20(25-24-19)26-9-11-27(12-10-26)21(28)17-13-15(2)29-16(17)3/h4-8,13H,9-12H2,1-3H3,(H,22,23,24). The minimum absolute atomic E-state index is 0.0234. The molecule has 1 amide bonds. The van der Waals surface area contributed by atoms with Gasteiger partial charge in [0.15, 0.2) is 11.6 Å². The smallest absolute Gasteiger partial charge is 0.257 e. The number of carbonyl (C=O) groups excluding carboxylic acids is 1. The average molecular weight is 392 g/mol. The molecule has 3 aromatic rings. The highest BCUT2D eigenvalue weighted by Gasteiger charge is 2.25. The molecule has 29 heavy (non-hydrogen) atoms. The first-order valence-electron chi connectivity index (χ1n) is 9.65. The highest BCUT2D eigenvalue weighted by atomic mass is 16.3. The number of nitrogens with one attached hydrogen (secondary N) is 1. The lowest BCUT2D eigenvalue weighted by molar-refractivity contribution is 0.0744. The van der Waals surface area contributed by atoms with Crippen LogP contribution in [0, 0.1) is 20.8 Å². The second-order valence-electron chi connectivity index (χ2n) is 7.17. The van der Waals surface area contributed by atoms with Gasteiger partial charge in [0.1, 0.15) is 17.3 Å². The van der Waals surface area contributed by atoms with E-state index in [-0.39, 0.29) is 5.91 Å². The van der Waals surface area contributed by atoms with Gasteiger partial charge in [-0.3, -0.25) is 4.79 Å². The van der Waals surface area contributed by atoms with E-state index in [1.807, 2.05) is 62.1 Å². The topological polar surface area (TPSA) is 87.4 Å². The van der Waals surface area contributed by atoms with Gasteiger partial charge in [-0.2, -0.15) is 0 Å². The third-order valence-corrected chi connectivity index (χ3v) is 4.96. The molecule has 8 nitrogen and oxygen atoms in total. The number of aromatic nitrogens is 3. The maximum atomic E-state index is 12.7. The van der Waals surface area contributed by atoms with Crippen LogP contribution in [-0.2, 0) is 0 Å². The highest BCUT2D eigenvalue weighted by molar-refractivity contribution is 5.95. The summed E-state index contributed by atoms with van der Waals surface area (Å²) in [6, 6.07) is 11.4. The molecule has 0 aromatic carbocycles. The number of nitrogens with zero attached hydrogens (tertiary/aromatic N) is 5. The van der Waals surface area contributed by atoms with Crippen molar-refractivity contribution in [3.8, 4) is 0 Å². The van der Waals surface area contributed by atoms with Crippen molar-refractivity contribution in [1.29, 1.82) is 0 Å². The van der Waals surface area contributed by atoms with E-state index >= 15 is 0 Å². The average Bonchev–Trinajstić information content (AvgIpc) is 3.06. The molecule has 0 unspecified atom stereocenters. The van der Waals surface area contributed by atoms with Crippen LogP contribution in [0.2, 0.25) is 0 Å². The zero-order valence-corrected chi connectivity index (χ0v) is 16.8. The van der Waals surface area contributed by atoms with Crippen LogP contribution in [0.4, 0.5) is 17.5 Å². The predicted octanol–water partition coefficient (Wildman–Crippen LogP) is 3.10. The van der Waals surface area contributed by atoms with Crippen LogP contribution < -0.4 is 10.2 Å². The number of rotatable bonds is 4. The molecule has 0 bridgehead atoms. The summed E-state index contributed by atoms with van der Waals surface area (Å²) in [5, 5.41) is 11.8. The predicted molar refractivity (Wildman–Crippen MR) is 111 cm³/mol. The van der Waals surface area contributed by atoms with Gasteiger partial charge in [-0.1, -0.05) is 6.07 Å². The summed E-state index contributed by atoms with van der Waals surface area (Å²) in [6.07, 6.45) is 0. The zero-order valence-electron chi connectivity index (χ0n) is 16.8. The monoisotopic (exact) mass is 392 g/mol. The van der Waals surface area contributed by atoms with E-state index in [0.717, 1.165) is 23.1 Å². The molecule has 4 heterocycles. The normalized spacial score (nSPS) is 14.2. The van der Waals surface area contributed by atoms with Gasteiger partial charge in [-0.15, -0.1) is 10.2 Å².